The molecule has 1 atom stereocenters. The highest BCUT2D eigenvalue weighted by Gasteiger charge is 2.14. The number of nitrogens with two attached hydrogens (primary N) is 1. The Morgan fingerprint density at radius 1 is 0.971 bits per heavy atom. The van der Waals surface area contributed by atoms with Crippen LogP contribution in [0.25, 0.3) is 33.4 Å². The largest absolute Gasteiger partial charge is 0.461 e. The normalized spacial score (nSPS) is 12.1. The molecule has 8 heteroatoms. The van der Waals surface area contributed by atoms with Crippen LogP contribution in [0.3, 0.4) is 0 Å². The molecule has 0 unspecified atom stereocenters. The Bertz CT molecular complexity index is 1500. The molecule has 3 N–H and O–H groups in total. The Labute approximate surface area is 195 Å². The fraction of sp³-hybridized carbons (Fsp3) is 0.154. The van der Waals surface area contributed by atoms with Crippen LogP contribution in [-0.2, 0) is 0 Å². The van der Waals surface area contributed by atoms with Gasteiger partial charge in [-0.05, 0) is 55.7 Å². The van der Waals surface area contributed by atoms with Crippen molar-refractivity contribution in [3.05, 3.63) is 83.9 Å². The highest BCUT2D eigenvalue weighted by atomic mass is 19.1. The van der Waals surface area contributed by atoms with Crippen LogP contribution in [0.1, 0.15) is 29.9 Å². The minimum absolute atomic E-state index is 0.0489. The summed E-state index contributed by atoms with van der Waals surface area (Å²) in [6.45, 7) is 5.76. The SMILES string of the molecule is Cc1nc(N[C@@H](C)c2cccc(-c3cnc(N)nc3)c2)cc(-c2cc(F)c3occ(C)c3c2)n1. The van der Waals surface area contributed by atoms with Gasteiger partial charge in [0, 0.05) is 41.0 Å². The van der Waals surface area contributed by atoms with Gasteiger partial charge in [0.2, 0.25) is 5.95 Å². The van der Waals surface area contributed by atoms with Gasteiger partial charge in [-0.2, -0.15) is 0 Å². The molecule has 0 amide bonds. The highest BCUT2D eigenvalue weighted by molar-refractivity contribution is 5.86. The van der Waals surface area contributed by atoms with E-state index >= 15 is 0 Å². The van der Waals surface area contributed by atoms with Crippen molar-refractivity contribution in [2.24, 2.45) is 0 Å². The predicted octanol–water partition coefficient (Wildman–Crippen LogP) is 5.86. The lowest BCUT2D eigenvalue weighted by Crippen LogP contribution is -2.09. The molecule has 3 heterocycles. The molecule has 0 saturated carbocycles. The van der Waals surface area contributed by atoms with Crippen molar-refractivity contribution >= 4 is 22.7 Å². The van der Waals surface area contributed by atoms with Crippen molar-refractivity contribution < 1.29 is 8.81 Å². The van der Waals surface area contributed by atoms with Gasteiger partial charge in [-0.3, -0.25) is 0 Å². The van der Waals surface area contributed by atoms with Crippen LogP contribution in [0, 0.1) is 19.7 Å². The monoisotopic (exact) mass is 454 g/mol. The van der Waals surface area contributed by atoms with Crippen molar-refractivity contribution in [3.8, 4) is 22.4 Å². The number of aromatic nitrogens is 4. The average molecular weight is 455 g/mol. The summed E-state index contributed by atoms with van der Waals surface area (Å²) in [5.74, 6) is 1.07. The number of halogens is 1. The first-order chi connectivity index (χ1) is 16.4. The van der Waals surface area contributed by atoms with Crippen LogP contribution in [0.2, 0.25) is 0 Å². The first kappa shape index (κ1) is 21.5. The van der Waals surface area contributed by atoms with Gasteiger partial charge < -0.3 is 15.5 Å². The number of fused-ring (bicyclic) bond motifs is 1. The molecule has 0 fully saturated rings. The molecule has 0 saturated heterocycles. The third-order valence-electron chi connectivity index (χ3n) is 5.71. The van der Waals surface area contributed by atoms with Crippen molar-refractivity contribution in [2.45, 2.75) is 26.8 Å². The molecular formula is C26H23FN6O. The maximum atomic E-state index is 14.6. The van der Waals surface area contributed by atoms with E-state index in [9.17, 15) is 4.39 Å². The second-order valence-electron chi connectivity index (χ2n) is 8.26. The zero-order chi connectivity index (χ0) is 23.8. The van der Waals surface area contributed by atoms with E-state index in [1.807, 2.05) is 44.2 Å². The first-order valence-electron chi connectivity index (χ1n) is 10.8. The number of nitrogens with one attached hydrogen (secondary N) is 1. The molecule has 5 rings (SSSR count). The molecule has 170 valence electrons. The first-order valence-corrected chi connectivity index (χ1v) is 10.8. The number of benzene rings is 2. The Hall–Kier alpha value is -4.33. The summed E-state index contributed by atoms with van der Waals surface area (Å²) in [4.78, 5) is 17.2. The van der Waals surface area contributed by atoms with Gasteiger partial charge in [0.05, 0.1) is 12.0 Å². The zero-order valence-corrected chi connectivity index (χ0v) is 19.0. The lowest BCUT2D eigenvalue weighted by Gasteiger charge is -2.17. The third kappa shape index (κ3) is 4.17. The predicted molar refractivity (Wildman–Crippen MR) is 131 cm³/mol. The summed E-state index contributed by atoms with van der Waals surface area (Å²) in [7, 11) is 0. The number of anilines is 2. The van der Waals surface area contributed by atoms with Crippen molar-refractivity contribution in [1.82, 2.24) is 19.9 Å². The van der Waals surface area contributed by atoms with E-state index in [0.717, 1.165) is 27.6 Å². The summed E-state index contributed by atoms with van der Waals surface area (Å²) in [6.07, 6.45) is 4.97. The second-order valence-corrected chi connectivity index (χ2v) is 8.26. The molecule has 34 heavy (non-hydrogen) atoms. The molecule has 0 aliphatic heterocycles. The van der Waals surface area contributed by atoms with Crippen LogP contribution in [0.15, 0.2) is 65.5 Å². The number of nitrogens with zero attached hydrogens (tertiary/aromatic N) is 4. The Balaban J connectivity index is 1.44. The minimum atomic E-state index is -0.414. The molecular weight excluding hydrogens is 431 g/mol. The lowest BCUT2D eigenvalue weighted by molar-refractivity contribution is 0.559. The van der Waals surface area contributed by atoms with Crippen LogP contribution >= 0.6 is 0 Å². The fourth-order valence-corrected chi connectivity index (χ4v) is 3.93. The summed E-state index contributed by atoms with van der Waals surface area (Å²) < 4.78 is 19.9. The van der Waals surface area contributed by atoms with Crippen molar-refractivity contribution in [1.29, 1.82) is 0 Å². The molecule has 0 aliphatic carbocycles. The average Bonchev–Trinajstić information content (AvgIpc) is 3.20. The van der Waals surface area contributed by atoms with E-state index in [4.69, 9.17) is 10.2 Å². The number of nitrogen functional groups attached to an aromatic ring is 1. The lowest BCUT2D eigenvalue weighted by atomic mass is 10.0. The van der Waals surface area contributed by atoms with Crippen LogP contribution in [0.5, 0.6) is 0 Å². The summed E-state index contributed by atoms with van der Waals surface area (Å²) in [5.41, 5.74) is 11.0. The number of furan rings is 1. The van der Waals surface area contributed by atoms with Crippen molar-refractivity contribution in [3.63, 3.8) is 0 Å². The van der Waals surface area contributed by atoms with Crippen LogP contribution in [-0.4, -0.2) is 19.9 Å². The standard InChI is InChI=1S/C26H23FN6O/c1-14-13-34-25-21(14)8-19(9-22(25)27)23-10-24(33-16(3)32-23)31-15(2)17-5-4-6-18(7-17)20-11-29-26(28)30-12-20/h4-13,15H,1-3H3,(H2,28,29,30)(H,31,32,33)/t15-/m0/s1. The molecule has 2 aromatic carbocycles. The number of aryl methyl sites for hydroxylation is 2. The molecule has 7 nitrogen and oxygen atoms in total. The van der Waals surface area contributed by atoms with Gasteiger partial charge in [-0.15, -0.1) is 0 Å². The highest BCUT2D eigenvalue weighted by Crippen LogP contribution is 2.31. The molecule has 0 radical (unpaired) electrons. The topological polar surface area (TPSA) is 103 Å². The maximum absolute atomic E-state index is 14.6. The Morgan fingerprint density at radius 2 is 1.76 bits per heavy atom. The Kier molecular flexibility index (Phi) is 5.41. The molecule has 5 aromatic rings. The van der Waals surface area contributed by atoms with E-state index in [-0.39, 0.29) is 17.6 Å². The van der Waals surface area contributed by atoms with Crippen molar-refractivity contribution in [2.75, 3.05) is 11.1 Å². The number of rotatable bonds is 5. The molecule has 0 aliphatic rings. The van der Waals surface area contributed by atoms with Gasteiger partial charge >= 0.3 is 0 Å². The van der Waals surface area contributed by atoms with Gasteiger partial charge in [-0.25, -0.2) is 24.3 Å². The number of hydrogen-bond donors (Lipinski definition) is 2. The number of hydrogen-bond acceptors (Lipinski definition) is 7. The quantitative estimate of drug-likeness (QED) is 0.343. The third-order valence-corrected chi connectivity index (χ3v) is 5.71. The van der Waals surface area contributed by atoms with E-state index in [1.54, 1.807) is 18.7 Å². The van der Waals surface area contributed by atoms with Gasteiger partial charge in [0.1, 0.15) is 11.6 Å². The van der Waals surface area contributed by atoms with Gasteiger partial charge in [0.15, 0.2) is 11.4 Å². The summed E-state index contributed by atoms with van der Waals surface area (Å²) in [6, 6.07) is 13.2. The summed E-state index contributed by atoms with van der Waals surface area (Å²) >= 11 is 0. The van der Waals surface area contributed by atoms with Crippen LogP contribution < -0.4 is 11.1 Å². The van der Waals surface area contributed by atoms with E-state index in [1.165, 1.54) is 6.07 Å². The van der Waals surface area contributed by atoms with Gasteiger partial charge in [0.25, 0.3) is 0 Å². The Morgan fingerprint density at radius 3 is 2.56 bits per heavy atom. The van der Waals surface area contributed by atoms with E-state index < -0.39 is 5.82 Å². The summed E-state index contributed by atoms with van der Waals surface area (Å²) in [5, 5.41) is 4.17. The molecule has 3 aromatic heterocycles. The molecule has 0 spiro atoms. The minimum Gasteiger partial charge on any atom is -0.461 e. The smallest absolute Gasteiger partial charge is 0.219 e. The fourth-order valence-electron chi connectivity index (χ4n) is 3.93. The van der Waals surface area contributed by atoms with Crippen LogP contribution in [0.4, 0.5) is 16.2 Å². The second kappa shape index (κ2) is 8.55. The van der Waals surface area contributed by atoms with E-state index in [0.29, 0.717) is 22.9 Å². The maximum Gasteiger partial charge on any atom is 0.219 e. The van der Waals surface area contributed by atoms with Gasteiger partial charge in [-0.1, -0.05) is 18.2 Å². The molecule has 0 bridgehead atoms. The zero-order valence-electron chi connectivity index (χ0n) is 19.0. The van der Waals surface area contributed by atoms with E-state index in [2.05, 4.69) is 38.2 Å².